The predicted octanol–water partition coefficient (Wildman–Crippen LogP) is 2.59. The smallest absolute Gasteiger partial charge is 0.324 e. The number of rotatable bonds is 7. The standard InChI is InChI=1S/C17H17ClN2O6S/c1-11(21)19-13-4-6-14(7-5-13)27(24,25)20(10-17(22)23)15-9-12(18)3-8-16(15)26-2/h3-9H,10H2,1-2H3,(H,19,21)(H,22,23). The number of hydrogen-bond donors (Lipinski definition) is 2. The molecule has 2 rings (SSSR count). The van der Waals surface area contributed by atoms with E-state index in [0.717, 1.165) is 0 Å². The Morgan fingerprint density at radius 1 is 1.19 bits per heavy atom. The number of nitrogens with one attached hydrogen (secondary N) is 1. The fourth-order valence-electron chi connectivity index (χ4n) is 2.32. The molecule has 0 spiro atoms. The van der Waals surface area contributed by atoms with Crippen molar-refractivity contribution in [3.63, 3.8) is 0 Å². The highest BCUT2D eigenvalue weighted by Gasteiger charge is 2.29. The van der Waals surface area contributed by atoms with E-state index in [0.29, 0.717) is 9.99 Å². The second kappa shape index (κ2) is 8.28. The van der Waals surface area contributed by atoms with Crippen LogP contribution in [-0.4, -0.2) is 39.1 Å². The summed E-state index contributed by atoms with van der Waals surface area (Å²) >= 11 is 5.96. The van der Waals surface area contributed by atoms with Gasteiger partial charge >= 0.3 is 5.97 Å². The molecule has 0 radical (unpaired) electrons. The Hall–Kier alpha value is -2.78. The van der Waals surface area contributed by atoms with E-state index in [2.05, 4.69) is 5.32 Å². The predicted molar refractivity (Wildman–Crippen MR) is 101 cm³/mol. The first-order valence-electron chi connectivity index (χ1n) is 7.61. The maximum atomic E-state index is 13.1. The Balaban J connectivity index is 2.54. The molecule has 10 heteroatoms. The highest BCUT2D eigenvalue weighted by Crippen LogP contribution is 2.34. The topological polar surface area (TPSA) is 113 Å². The molecule has 27 heavy (non-hydrogen) atoms. The van der Waals surface area contributed by atoms with E-state index >= 15 is 0 Å². The van der Waals surface area contributed by atoms with E-state index in [4.69, 9.17) is 16.3 Å². The minimum Gasteiger partial charge on any atom is -0.495 e. The van der Waals surface area contributed by atoms with Gasteiger partial charge in [0.05, 0.1) is 17.7 Å². The van der Waals surface area contributed by atoms with Gasteiger partial charge in [0.25, 0.3) is 10.0 Å². The summed E-state index contributed by atoms with van der Waals surface area (Å²) < 4.78 is 32.0. The van der Waals surface area contributed by atoms with Gasteiger partial charge in [-0.3, -0.25) is 13.9 Å². The zero-order valence-electron chi connectivity index (χ0n) is 14.5. The van der Waals surface area contributed by atoms with Crippen LogP contribution in [0.4, 0.5) is 11.4 Å². The van der Waals surface area contributed by atoms with Gasteiger partial charge in [-0.25, -0.2) is 8.42 Å². The molecule has 0 heterocycles. The van der Waals surface area contributed by atoms with Crippen molar-refractivity contribution >= 4 is 44.9 Å². The average Bonchev–Trinajstić information content (AvgIpc) is 2.59. The molecular weight excluding hydrogens is 396 g/mol. The van der Waals surface area contributed by atoms with Gasteiger partial charge in [-0.2, -0.15) is 0 Å². The molecule has 0 aliphatic rings. The third-order valence-corrected chi connectivity index (χ3v) is 5.46. The van der Waals surface area contributed by atoms with Crippen LogP contribution in [-0.2, 0) is 19.6 Å². The molecule has 8 nitrogen and oxygen atoms in total. The maximum Gasteiger partial charge on any atom is 0.324 e. The van der Waals surface area contributed by atoms with E-state index in [1.165, 1.54) is 56.5 Å². The van der Waals surface area contributed by atoms with Crippen LogP contribution in [0.3, 0.4) is 0 Å². The number of ether oxygens (including phenoxy) is 1. The molecule has 2 aromatic rings. The van der Waals surface area contributed by atoms with E-state index in [-0.39, 0.29) is 27.3 Å². The Labute approximate surface area is 161 Å². The molecule has 1 amide bonds. The van der Waals surface area contributed by atoms with Gasteiger partial charge in [-0.1, -0.05) is 11.6 Å². The van der Waals surface area contributed by atoms with Crippen molar-refractivity contribution in [1.29, 1.82) is 0 Å². The number of aliphatic carboxylic acids is 1. The summed E-state index contributed by atoms with van der Waals surface area (Å²) in [5.74, 6) is -1.50. The van der Waals surface area contributed by atoms with Crippen LogP contribution in [0.1, 0.15) is 6.92 Å². The Morgan fingerprint density at radius 2 is 1.81 bits per heavy atom. The van der Waals surface area contributed by atoms with Gasteiger partial charge < -0.3 is 15.2 Å². The molecule has 2 N–H and O–H groups in total. The third-order valence-electron chi connectivity index (χ3n) is 3.45. The van der Waals surface area contributed by atoms with Gasteiger partial charge in [0.1, 0.15) is 12.3 Å². The number of carboxylic acids is 1. The molecule has 0 atom stereocenters. The Kier molecular flexibility index (Phi) is 6.29. The largest absolute Gasteiger partial charge is 0.495 e. The molecule has 0 saturated carbocycles. The number of hydrogen-bond acceptors (Lipinski definition) is 5. The van der Waals surface area contributed by atoms with Crippen LogP contribution >= 0.6 is 11.6 Å². The van der Waals surface area contributed by atoms with Crippen molar-refractivity contribution in [1.82, 2.24) is 0 Å². The maximum absolute atomic E-state index is 13.1. The number of carbonyl (C=O) groups is 2. The summed E-state index contributed by atoms with van der Waals surface area (Å²) in [4.78, 5) is 22.2. The summed E-state index contributed by atoms with van der Waals surface area (Å²) in [5, 5.41) is 11.9. The van der Waals surface area contributed by atoms with Crippen LogP contribution in [0.5, 0.6) is 5.75 Å². The zero-order valence-corrected chi connectivity index (χ0v) is 16.0. The van der Waals surface area contributed by atoms with Crippen molar-refractivity contribution in [3.8, 4) is 5.75 Å². The molecule has 0 fully saturated rings. The molecule has 0 bridgehead atoms. The normalized spacial score (nSPS) is 10.9. The van der Waals surface area contributed by atoms with Crippen LogP contribution in [0, 0.1) is 0 Å². The van der Waals surface area contributed by atoms with Crippen LogP contribution in [0.15, 0.2) is 47.4 Å². The zero-order chi connectivity index (χ0) is 20.2. The average molecular weight is 413 g/mol. The number of methoxy groups -OCH3 is 1. The number of benzene rings is 2. The van der Waals surface area contributed by atoms with Gasteiger partial charge in [0.15, 0.2) is 0 Å². The Morgan fingerprint density at radius 3 is 2.33 bits per heavy atom. The monoisotopic (exact) mass is 412 g/mol. The van der Waals surface area contributed by atoms with E-state index in [1.54, 1.807) is 0 Å². The highest BCUT2D eigenvalue weighted by atomic mass is 35.5. The second-order valence-corrected chi connectivity index (χ2v) is 7.73. The molecule has 0 unspecified atom stereocenters. The van der Waals surface area contributed by atoms with E-state index in [9.17, 15) is 23.1 Å². The summed E-state index contributed by atoms with van der Waals surface area (Å²) in [6, 6.07) is 9.61. The number of amides is 1. The summed E-state index contributed by atoms with van der Waals surface area (Å²) in [7, 11) is -2.91. The first-order valence-corrected chi connectivity index (χ1v) is 9.42. The number of halogens is 1. The fraction of sp³-hybridized carbons (Fsp3) is 0.176. The van der Waals surface area contributed by atoms with Crippen molar-refractivity contribution in [2.45, 2.75) is 11.8 Å². The molecule has 0 aliphatic heterocycles. The molecule has 144 valence electrons. The number of anilines is 2. The molecule has 0 aromatic heterocycles. The van der Waals surface area contributed by atoms with Crippen LogP contribution in [0.2, 0.25) is 5.02 Å². The molecule has 2 aromatic carbocycles. The van der Waals surface area contributed by atoms with Gasteiger partial charge in [0, 0.05) is 17.6 Å². The van der Waals surface area contributed by atoms with E-state index in [1.807, 2.05) is 0 Å². The SMILES string of the molecule is COc1ccc(Cl)cc1N(CC(=O)O)S(=O)(=O)c1ccc(NC(C)=O)cc1. The van der Waals surface area contributed by atoms with Crippen molar-refractivity contribution < 1.29 is 27.9 Å². The number of sulfonamides is 1. The Bertz CT molecular complexity index is 960. The lowest BCUT2D eigenvalue weighted by Gasteiger charge is -2.24. The lowest BCUT2D eigenvalue weighted by molar-refractivity contribution is -0.135. The number of nitrogens with zero attached hydrogens (tertiary/aromatic N) is 1. The van der Waals surface area contributed by atoms with Crippen molar-refractivity contribution in [2.75, 3.05) is 23.3 Å². The van der Waals surface area contributed by atoms with Crippen LogP contribution in [0.25, 0.3) is 0 Å². The van der Waals surface area contributed by atoms with Crippen LogP contribution < -0.4 is 14.4 Å². The highest BCUT2D eigenvalue weighted by molar-refractivity contribution is 7.92. The molecular formula is C17H17ClN2O6S. The number of carbonyl (C=O) groups excluding carboxylic acids is 1. The molecule has 0 saturated heterocycles. The fourth-order valence-corrected chi connectivity index (χ4v) is 3.90. The summed E-state index contributed by atoms with van der Waals surface area (Å²) in [5.41, 5.74) is 0.407. The minimum absolute atomic E-state index is 0.00154. The van der Waals surface area contributed by atoms with Crippen molar-refractivity contribution in [2.24, 2.45) is 0 Å². The third kappa shape index (κ3) is 4.89. The van der Waals surface area contributed by atoms with Gasteiger partial charge in [0.2, 0.25) is 5.91 Å². The summed E-state index contributed by atoms with van der Waals surface area (Å²) in [6.07, 6.45) is 0. The first-order chi connectivity index (χ1) is 12.6. The second-order valence-electron chi connectivity index (χ2n) is 5.43. The first kappa shape index (κ1) is 20.5. The van der Waals surface area contributed by atoms with Gasteiger partial charge in [-0.05, 0) is 42.5 Å². The summed E-state index contributed by atoms with van der Waals surface area (Å²) in [6.45, 7) is 0.497. The lowest BCUT2D eigenvalue weighted by atomic mass is 10.3. The van der Waals surface area contributed by atoms with Gasteiger partial charge in [-0.15, -0.1) is 0 Å². The van der Waals surface area contributed by atoms with Crippen molar-refractivity contribution in [3.05, 3.63) is 47.5 Å². The quantitative estimate of drug-likeness (QED) is 0.722. The number of carboxylic acid groups (broad SMARTS) is 1. The van der Waals surface area contributed by atoms with E-state index < -0.39 is 22.5 Å². The minimum atomic E-state index is -4.24. The lowest BCUT2D eigenvalue weighted by Crippen LogP contribution is -2.36. The molecule has 0 aliphatic carbocycles.